The second-order valence-corrected chi connectivity index (χ2v) is 3.83. The van der Waals surface area contributed by atoms with E-state index in [4.69, 9.17) is 10.3 Å². The molecule has 2 aromatic heterocycles. The third kappa shape index (κ3) is 2.21. The monoisotopic (exact) mass is 221 g/mol. The van der Waals surface area contributed by atoms with E-state index in [1.54, 1.807) is 17.1 Å². The van der Waals surface area contributed by atoms with Crippen LogP contribution in [0.25, 0.3) is 0 Å². The van der Waals surface area contributed by atoms with Crippen molar-refractivity contribution in [3.8, 4) is 0 Å². The third-order valence-corrected chi connectivity index (χ3v) is 2.49. The van der Waals surface area contributed by atoms with Crippen molar-refractivity contribution in [1.82, 2.24) is 19.9 Å². The molecule has 0 aliphatic carbocycles. The normalized spacial score (nSPS) is 12.9. The Hall–Kier alpha value is -1.85. The van der Waals surface area contributed by atoms with Gasteiger partial charge in [0.2, 0.25) is 5.89 Å². The smallest absolute Gasteiger partial charge is 0.248 e. The van der Waals surface area contributed by atoms with Crippen LogP contribution in [0.1, 0.15) is 37.9 Å². The molecule has 2 aromatic rings. The zero-order chi connectivity index (χ0) is 11.5. The average molecular weight is 221 g/mol. The van der Waals surface area contributed by atoms with E-state index in [2.05, 4.69) is 29.1 Å². The Morgan fingerprint density at radius 3 is 3.00 bits per heavy atom. The number of nitrogen functional groups attached to an aromatic ring is 1. The molecule has 0 spiro atoms. The molecule has 16 heavy (non-hydrogen) atoms. The van der Waals surface area contributed by atoms with Gasteiger partial charge in [0.15, 0.2) is 5.82 Å². The van der Waals surface area contributed by atoms with Crippen LogP contribution in [-0.2, 0) is 6.54 Å². The summed E-state index contributed by atoms with van der Waals surface area (Å²) in [6.07, 6.45) is 4.31. The highest BCUT2D eigenvalue weighted by Gasteiger charge is 2.12. The van der Waals surface area contributed by atoms with Crippen LogP contribution < -0.4 is 5.73 Å². The number of hydrogen-bond acceptors (Lipinski definition) is 5. The van der Waals surface area contributed by atoms with Crippen molar-refractivity contribution in [3.63, 3.8) is 0 Å². The Balaban J connectivity index is 2.08. The molecule has 0 saturated heterocycles. The fourth-order valence-corrected chi connectivity index (χ4v) is 1.32. The molecule has 0 aliphatic rings. The molecule has 0 bridgehead atoms. The zero-order valence-electron chi connectivity index (χ0n) is 9.42. The Morgan fingerprint density at radius 1 is 1.56 bits per heavy atom. The predicted molar refractivity (Wildman–Crippen MR) is 58.7 cm³/mol. The van der Waals surface area contributed by atoms with E-state index in [1.807, 2.05) is 0 Å². The van der Waals surface area contributed by atoms with E-state index in [0.29, 0.717) is 24.0 Å². The summed E-state index contributed by atoms with van der Waals surface area (Å²) in [7, 11) is 0. The first kappa shape index (κ1) is 10.7. The molecular weight excluding hydrogens is 206 g/mol. The maximum Gasteiger partial charge on any atom is 0.248 e. The summed E-state index contributed by atoms with van der Waals surface area (Å²) >= 11 is 0. The van der Waals surface area contributed by atoms with E-state index in [1.165, 1.54) is 0 Å². The minimum atomic E-state index is 0.320. The lowest BCUT2D eigenvalue weighted by molar-refractivity contribution is 0.358. The predicted octanol–water partition coefficient (Wildman–Crippen LogP) is 1.41. The van der Waals surface area contributed by atoms with Crippen molar-refractivity contribution in [2.24, 2.45) is 0 Å². The van der Waals surface area contributed by atoms with Crippen molar-refractivity contribution in [3.05, 3.63) is 24.1 Å². The standard InChI is InChI=1S/C10H15N5O/c1-3-7(2)10-13-9(16-14-10)6-15-5-8(11)4-12-15/h4-5,7H,3,6,11H2,1-2H3. The van der Waals surface area contributed by atoms with Gasteiger partial charge in [0.25, 0.3) is 0 Å². The third-order valence-electron chi connectivity index (χ3n) is 2.49. The van der Waals surface area contributed by atoms with Gasteiger partial charge in [-0.15, -0.1) is 0 Å². The molecule has 1 unspecified atom stereocenters. The molecule has 6 nitrogen and oxygen atoms in total. The van der Waals surface area contributed by atoms with E-state index in [-0.39, 0.29) is 0 Å². The second kappa shape index (κ2) is 4.34. The Morgan fingerprint density at radius 2 is 2.38 bits per heavy atom. The molecule has 0 fully saturated rings. The first-order valence-corrected chi connectivity index (χ1v) is 5.29. The van der Waals surface area contributed by atoms with Crippen molar-refractivity contribution in [1.29, 1.82) is 0 Å². The maximum atomic E-state index is 5.56. The number of rotatable bonds is 4. The van der Waals surface area contributed by atoms with E-state index >= 15 is 0 Å². The van der Waals surface area contributed by atoms with Crippen LogP contribution in [0.15, 0.2) is 16.9 Å². The van der Waals surface area contributed by atoms with Crippen LogP contribution in [0.2, 0.25) is 0 Å². The van der Waals surface area contributed by atoms with Crippen LogP contribution in [0, 0.1) is 0 Å². The molecule has 0 aliphatic heterocycles. The highest BCUT2D eigenvalue weighted by molar-refractivity contribution is 5.30. The summed E-state index contributed by atoms with van der Waals surface area (Å²) in [5.41, 5.74) is 6.18. The minimum absolute atomic E-state index is 0.320. The lowest BCUT2D eigenvalue weighted by atomic mass is 10.1. The van der Waals surface area contributed by atoms with Gasteiger partial charge in [-0.25, -0.2) is 0 Å². The van der Waals surface area contributed by atoms with E-state index in [0.717, 1.165) is 12.2 Å². The fourth-order valence-electron chi connectivity index (χ4n) is 1.32. The van der Waals surface area contributed by atoms with E-state index in [9.17, 15) is 0 Å². The summed E-state index contributed by atoms with van der Waals surface area (Å²) in [6.45, 7) is 4.62. The second-order valence-electron chi connectivity index (χ2n) is 3.83. The van der Waals surface area contributed by atoms with Crippen molar-refractivity contribution >= 4 is 5.69 Å². The number of hydrogen-bond donors (Lipinski definition) is 1. The van der Waals surface area contributed by atoms with Gasteiger partial charge in [0.05, 0.1) is 11.9 Å². The zero-order valence-corrected chi connectivity index (χ0v) is 9.42. The maximum absolute atomic E-state index is 5.56. The molecule has 86 valence electrons. The molecule has 2 rings (SSSR count). The number of anilines is 1. The lowest BCUT2D eigenvalue weighted by Gasteiger charge is -1.98. The van der Waals surface area contributed by atoms with Crippen LogP contribution in [0.4, 0.5) is 5.69 Å². The lowest BCUT2D eigenvalue weighted by Crippen LogP contribution is -2.01. The molecule has 6 heteroatoms. The van der Waals surface area contributed by atoms with Crippen molar-refractivity contribution < 1.29 is 4.52 Å². The number of nitrogens with two attached hydrogens (primary N) is 1. The van der Waals surface area contributed by atoms with Crippen LogP contribution in [0.3, 0.4) is 0 Å². The molecule has 1 atom stereocenters. The van der Waals surface area contributed by atoms with Gasteiger partial charge < -0.3 is 10.3 Å². The van der Waals surface area contributed by atoms with Crippen LogP contribution in [-0.4, -0.2) is 19.9 Å². The summed E-state index contributed by atoms with van der Waals surface area (Å²) in [5.74, 6) is 1.62. The number of aromatic nitrogens is 4. The largest absolute Gasteiger partial charge is 0.396 e. The Kier molecular flexibility index (Phi) is 2.89. The SMILES string of the molecule is CCC(C)c1noc(Cn2cc(N)cn2)n1. The van der Waals surface area contributed by atoms with Gasteiger partial charge in [-0.2, -0.15) is 10.1 Å². The fraction of sp³-hybridized carbons (Fsp3) is 0.500. The molecule has 0 radical (unpaired) electrons. The van der Waals surface area contributed by atoms with Crippen molar-refractivity contribution in [2.45, 2.75) is 32.7 Å². The summed E-state index contributed by atoms with van der Waals surface area (Å²) in [6, 6.07) is 0. The van der Waals surface area contributed by atoms with Crippen molar-refractivity contribution in [2.75, 3.05) is 5.73 Å². The molecular formula is C10H15N5O. The van der Waals surface area contributed by atoms with Gasteiger partial charge >= 0.3 is 0 Å². The van der Waals surface area contributed by atoms with Crippen LogP contribution >= 0.6 is 0 Å². The first-order valence-electron chi connectivity index (χ1n) is 5.29. The summed E-state index contributed by atoms with van der Waals surface area (Å²) in [4.78, 5) is 4.31. The summed E-state index contributed by atoms with van der Waals surface area (Å²) in [5, 5.41) is 7.98. The molecule has 2 N–H and O–H groups in total. The quantitative estimate of drug-likeness (QED) is 0.844. The van der Waals surface area contributed by atoms with Crippen LogP contribution in [0.5, 0.6) is 0 Å². The van der Waals surface area contributed by atoms with Gasteiger partial charge in [-0.05, 0) is 6.42 Å². The average Bonchev–Trinajstić information content (AvgIpc) is 2.87. The molecule has 0 saturated carbocycles. The Labute approximate surface area is 93.4 Å². The Bertz CT molecular complexity index is 461. The highest BCUT2D eigenvalue weighted by Crippen LogP contribution is 2.15. The first-order chi connectivity index (χ1) is 7.69. The van der Waals surface area contributed by atoms with Gasteiger partial charge in [0, 0.05) is 12.1 Å². The number of nitrogens with zero attached hydrogens (tertiary/aromatic N) is 4. The highest BCUT2D eigenvalue weighted by atomic mass is 16.5. The van der Waals surface area contributed by atoms with Gasteiger partial charge in [0.1, 0.15) is 6.54 Å². The topological polar surface area (TPSA) is 82.8 Å². The van der Waals surface area contributed by atoms with Gasteiger partial charge in [-0.1, -0.05) is 19.0 Å². The van der Waals surface area contributed by atoms with Gasteiger partial charge in [-0.3, -0.25) is 4.68 Å². The minimum Gasteiger partial charge on any atom is -0.396 e. The molecule has 0 amide bonds. The van der Waals surface area contributed by atoms with E-state index < -0.39 is 0 Å². The molecule has 2 heterocycles. The molecule has 0 aromatic carbocycles. The summed E-state index contributed by atoms with van der Waals surface area (Å²) < 4.78 is 6.81.